The maximum Gasteiger partial charge on any atom is 0.326 e. The van der Waals surface area contributed by atoms with Crippen LogP contribution in [0.4, 0.5) is 0 Å². The zero-order chi connectivity index (χ0) is 17.0. The average Bonchev–Trinajstić information content (AvgIpc) is 3.03. The number of nitriles is 1. The smallest absolute Gasteiger partial charge is 0.326 e. The fraction of sp³-hybridized carbons (Fsp3) is 0.375. The molecule has 2 atom stereocenters. The van der Waals surface area contributed by atoms with Gasteiger partial charge < -0.3 is 15.3 Å². The third kappa shape index (κ3) is 3.66. The van der Waals surface area contributed by atoms with E-state index in [1.807, 2.05) is 6.07 Å². The van der Waals surface area contributed by atoms with Crippen LogP contribution in [0, 0.1) is 11.3 Å². The van der Waals surface area contributed by atoms with Crippen molar-refractivity contribution in [1.29, 1.82) is 5.26 Å². The van der Waals surface area contributed by atoms with Crippen LogP contribution in [0.1, 0.15) is 35.7 Å². The van der Waals surface area contributed by atoms with Gasteiger partial charge in [0.1, 0.15) is 12.1 Å². The number of carbonyl (C=O) groups excluding carboxylic acids is 2. The Kier molecular flexibility index (Phi) is 4.96. The first-order chi connectivity index (χ1) is 10.9. The first-order valence-corrected chi connectivity index (χ1v) is 7.28. The SMILES string of the molecule is C[C@H](NC(=O)c1cccc(C#N)c1)C(=O)N1CCCC1C(=O)O. The van der Waals surface area contributed by atoms with E-state index >= 15 is 0 Å². The fourth-order valence-electron chi connectivity index (χ4n) is 2.61. The Bertz CT molecular complexity index is 680. The van der Waals surface area contributed by atoms with E-state index in [0.29, 0.717) is 24.9 Å². The minimum atomic E-state index is -1.03. The lowest BCUT2D eigenvalue weighted by molar-refractivity contribution is -0.148. The number of carboxylic acid groups (broad SMARTS) is 1. The third-order valence-corrected chi connectivity index (χ3v) is 3.79. The zero-order valence-electron chi connectivity index (χ0n) is 12.7. The van der Waals surface area contributed by atoms with Gasteiger partial charge in [0.15, 0.2) is 0 Å². The van der Waals surface area contributed by atoms with Crippen LogP contribution < -0.4 is 5.32 Å². The largest absolute Gasteiger partial charge is 0.480 e. The lowest BCUT2D eigenvalue weighted by Gasteiger charge is -2.25. The first-order valence-electron chi connectivity index (χ1n) is 7.28. The van der Waals surface area contributed by atoms with Crippen molar-refractivity contribution in [2.75, 3.05) is 6.54 Å². The molecule has 0 saturated carbocycles. The number of carboxylic acids is 1. The van der Waals surface area contributed by atoms with Gasteiger partial charge >= 0.3 is 5.97 Å². The molecule has 1 unspecified atom stereocenters. The topological polar surface area (TPSA) is 111 Å². The number of aliphatic carboxylic acids is 1. The molecule has 1 aliphatic heterocycles. The predicted molar refractivity (Wildman–Crippen MR) is 80.5 cm³/mol. The van der Waals surface area contributed by atoms with Crippen LogP contribution in [-0.2, 0) is 9.59 Å². The minimum absolute atomic E-state index is 0.278. The van der Waals surface area contributed by atoms with Crippen molar-refractivity contribution in [3.05, 3.63) is 35.4 Å². The quantitative estimate of drug-likeness (QED) is 0.852. The molecule has 2 amide bonds. The second-order valence-corrected chi connectivity index (χ2v) is 5.42. The summed E-state index contributed by atoms with van der Waals surface area (Å²) < 4.78 is 0. The molecule has 1 saturated heterocycles. The number of amides is 2. The molecule has 2 rings (SSSR count). The van der Waals surface area contributed by atoms with Crippen molar-refractivity contribution < 1.29 is 19.5 Å². The fourth-order valence-corrected chi connectivity index (χ4v) is 2.61. The van der Waals surface area contributed by atoms with Crippen LogP contribution >= 0.6 is 0 Å². The number of nitrogens with zero attached hydrogens (tertiary/aromatic N) is 2. The lowest BCUT2D eigenvalue weighted by Crippen LogP contribution is -2.50. The number of nitrogens with one attached hydrogen (secondary N) is 1. The van der Waals surface area contributed by atoms with Gasteiger partial charge in [-0.05, 0) is 38.0 Å². The summed E-state index contributed by atoms with van der Waals surface area (Å²) in [7, 11) is 0. The molecule has 0 spiro atoms. The number of rotatable bonds is 4. The van der Waals surface area contributed by atoms with Crippen LogP contribution in [0.5, 0.6) is 0 Å². The molecule has 0 aromatic heterocycles. The predicted octanol–water partition coefficient (Wildman–Crippen LogP) is 0.752. The highest BCUT2D eigenvalue weighted by atomic mass is 16.4. The summed E-state index contributed by atoms with van der Waals surface area (Å²) in [6, 6.07) is 6.41. The molecule has 1 fully saturated rings. The van der Waals surface area contributed by atoms with E-state index in [0.717, 1.165) is 0 Å². The van der Waals surface area contributed by atoms with E-state index in [4.69, 9.17) is 10.4 Å². The van der Waals surface area contributed by atoms with E-state index < -0.39 is 29.9 Å². The average molecular weight is 315 g/mol. The van der Waals surface area contributed by atoms with Crippen LogP contribution in [0.2, 0.25) is 0 Å². The van der Waals surface area contributed by atoms with Crippen molar-refractivity contribution in [3.63, 3.8) is 0 Å². The Hall–Kier alpha value is -2.88. The molecule has 1 aliphatic rings. The summed E-state index contributed by atoms with van der Waals surface area (Å²) in [5.41, 5.74) is 0.627. The molecule has 2 N–H and O–H groups in total. The number of benzene rings is 1. The molecule has 120 valence electrons. The van der Waals surface area contributed by atoms with Crippen molar-refractivity contribution in [1.82, 2.24) is 10.2 Å². The van der Waals surface area contributed by atoms with Gasteiger partial charge in [0.2, 0.25) is 5.91 Å². The van der Waals surface area contributed by atoms with Crippen LogP contribution in [-0.4, -0.2) is 46.4 Å². The van der Waals surface area contributed by atoms with Gasteiger partial charge in [0.05, 0.1) is 11.6 Å². The Labute approximate surface area is 133 Å². The summed E-state index contributed by atoms with van der Waals surface area (Å²) in [6.45, 7) is 1.89. The highest BCUT2D eigenvalue weighted by Gasteiger charge is 2.36. The zero-order valence-corrected chi connectivity index (χ0v) is 12.7. The second kappa shape index (κ2) is 6.92. The molecule has 1 heterocycles. The molecule has 7 heteroatoms. The molecule has 0 bridgehead atoms. The second-order valence-electron chi connectivity index (χ2n) is 5.42. The van der Waals surface area contributed by atoms with Crippen molar-refractivity contribution in [2.24, 2.45) is 0 Å². The lowest BCUT2D eigenvalue weighted by atomic mass is 10.1. The molecule has 0 radical (unpaired) electrons. The van der Waals surface area contributed by atoms with E-state index in [-0.39, 0.29) is 5.56 Å². The summed E-state index contributed by atoms with van der Waals surface area (Å²) >= 11 is 0. The Balaban J connectivity index is 2.04. The summed E-state index contributed by atoms with van der Waals surface area (Å²) in [5.74, 6) is -1.93. The summed E-state index contributed by atoms with van der Waals surface area (Å²) in [5, 5.41) is 20.5. The standard InChI is InChI=1S/C16H17N3O4/c1-10(15(21)19-7-3-6-13(19)16(22)23)18-14(20)12-5-2-4-11(8-12)9-17/h2,4-5,8,10,13H,3,6-7H2,1H3,(H,18,20)(H,22,23)/t10-,13?/m0/s1. The van der Waals surface area contributed by atoms with Crippen LogP contribution in [0.3, 0.4) is 0 Å². The van der Waals surface area contributed by atoms with Gasteiger partial charge in [-0.15, -0.1) is 0 Å². The van der Waals surface area contributed by atoms with Crippen molar-refractivity contribution >= 4 is 17.8 Å². The number of hydrogen-bond acceptors (Lipinski definition) is 4. The summed E-state index contributed by atoms with van der Waals surface area (Å²) in [4.78, 5) is 36.9. The monoisotopic (exact) mass is 315 g/mol. The molecule has 0 aliphatic carbocycles. The molecular formula is C16H17N3O4. The van der Waals surface area contributed by atoms with E-state index in [9.17, 15) is 14.4 Å². The number of carbonyl (C=O) groups is 3. The van der Waals surface area contributed by atoms with Crippen molar-refractivity contribution in [2.45, 2.75) is 31.8 Å². The van der Waals surface area contributed by atoms with E-state index in [2.05, 4.69) is 5.32 Å². The molecular weight excluding hydrogens is 298 g/mol. The highest BCUT2D eigenvalue weighted by molar-refractivity contribution is 5.98. The van der Waals surface area contributed by atoms with Crippen LogP contribution in [0.25, 0.3) is 0 Å². The number of likely N-dealkylation sites (tertiary alicyclic amines) is 1. The molecule has 7 nitrogen and oxygen atoms in total. The minimum Gasteiger partial charge on any atom is -0.480 e. The molecule has 23 heavy (non-hydrogen) atoms. The Morgan fingerprint density at radius 1 is 1.43 bits per heavy atom. The maximum absolute atomic E-state index is 12.3. The summed E-state index contributed by atoms with van der Waals surface area (Å²) in [6.07, 6.45) is 1.06. The van der Waals surface area contributed by atoms with Gasteiger partial charge in [0.25, 0.3) is 5.91 Å². The maximum atomic E-state index is 12.3. The van der Waals surface area contributed by atoms with Gasteiger partial charge in [-0.2, -0.15) is 5.26 Å². The normalized spacial score (nSPS) is 18.1. The Morgan fingerprint density at radius 3 is 2.83 bits per heavy atom. The number of hydrogen-bond donors (Lipinski definition) is 2. The molecule has 1 aromatic carbocycles. The highest BCUT2D eigenvalue weighted by Crippen LogP contribution is 2.18. The Morgan fingerprint density at radius 2 is 2.17 bits per heavy atom. The van der Waals surface area contributed by atoms with Gasteiger partial charge in [-0.25, -0.2) is 4.79 Å². The van der Waals surface area contributed by atoms with Crippen LogP contribution in [0.15, 0.2) is 24.3 Å². The van der Waals surface area contributed by atoms with Crippen molar-refractivity contribution in [3.8, 4) is 6.07 Å². The molecule has 1 aromatic rings. The van der Waals surface area contributed by atoms with Gasteiger partial charge in [0, 0.05) is 12.1 Å². The van der Waals surface area contributed by atoms with E-state index in [1.165, 1.54) is 17.9 Å². The first kappa shape index (κ1) is 16.5. The van der Waals surface area contributed by atoms with Gasteiger partial charge in [-0.1, -0.05) is 6.07 Å². The van der Waals surface area contributed by atoms with Gasteiger partial charge in [-0.3, -0.25) is 9.59 Å². The van der Waals surface area contributed by atoms with E-state index in [1.54, 1.807) is 18.2 Å². The third-order valence-electron chi connectivity index (χ3n) is 3.79.